The Morgan fingerprint density at radius 3 is 2.46 bits per heavy atom. The van der Waals surface area contributed by atoms with Crippen molar-refractivity contribution in [2.45, 2.75) is 19.5 Å². The highest BCUT2D eigenvalue weighted by Crippen LogP contribution is 2.29. The van der Waals surface area contributed by atoms with E-state index in [4.69, 9.17) is 4.74 Å². The fourth-order valence-corrected chi connectivity index (χ4v) is 2.05. The van der Waals surface area contributed by atoms with Crippen molar-refractivity contribution >= 4 is 18.1 Å². The predicted molar refractivity (Wildman–Crippen MR) is 88.6 cm³/mol. The van der Waals surface area contributed by atoms with Crippen LogP contribution in [0.2, 0.25) is 0 Å². The fraction of sp³-hybridized carbons (Fsp3) is 0.167. The molecule has 0 aliphatic rings. The number of nitrogens with one attached hydrogen (secondary N) is 1. The molecule has 2 rings (SSSR count). The minimum absolute atomic E-state index is 0.230. The maximum atomic E-state index is 12.6. The molecule has 26 heavy (non-hydrogen) atoms. The monoisotopic (exact) mass is 364 g/mol. The van der Waals surface area contributed by atoms with Gasteiger partial charge in [0.15, 0.2) is 0 Å². The molecule has 0 atom stereocenters. The van der Waals surface area contributed by atoms with E-state index in [2.05, 4.69) is 10.5 Å². The first-order valence-electron chi connectivity index (χ1n) is 7.50. The second kappa shape index (κ2) is 8.28. The maximum absolute atomic E-state index is 12.6. The highest BCUT2D eigenvalue weighted by atomic mass is 19.4. The summed E-state index contributed by atoms with van der Waals surface area (Å²) < 4.78 is 42.8. The number of halogens is 3. The predicted octanol–water partition coefficient (Wildman–Crippen LogP) is 3.32. The number of carbonyl (C=O) groups excluding carboxylic acids is 2. The lowest BCUT2D eigenvalue weighted by Crippen LogP contribution is -2.20. The molecule has 0 saturated heterocycles. The van der Waals surface area contributed by atoms with E-state index in [1.165, 1.54) is 25.3 Å². The standard InChI is InChI=1S/C18H15F3N2O3/c1-12(24)26-16-7-5-13(6-8-16)11-22-23-17(25)10-14-3-2-4-15(9-14)18(19,20)21/h2-9,11H,10H2,1H3,(H,23,25)/b22-11-. The van der Waals surface area contributed by atoms with E-state index < -0.39 is 23.6 Å². The minimum Gasteiger partial charge on any atom is -0.427 e. The summed E-state index contributed by atoms with van der Waals surface area (Å²) in [5.41, 5.74) is 2.32. The van der Waals surface area contributed by atoms with Crippen molar-refractivity contribution in [3.8, 4) is 5.75 Å². The summed E-state index contributed by atoms with van der Waals surface area (Å²) in [7, 11) is 0. The average Bonchev–Trinajstić information content (AvgIpc) is 2.55. The molecule has 5 nitrogen and oxygen atoms in total. The largest absolute Gasteiger partial charge is 0.427 e. The zero-order chi connectivity index (χ0) is 19.2. The molecule has 0 radical (unpaired) electrons. The number of amides is 1. The summed E-state index contributed by atoms with van der Waals surface area (Å²) >= 11 is 0. The van der Waals surface area contributed by atoms with Crippen LogP contribution in [-0.2, 0) is 22.2 Å². The van der Waals surface area contributed by atoms with Crippen molar-refractivity contribution in [3.63, 3.8) is 0 Å². The quantitative estimate of drug-likeness (QED) is 0.383. The number of rotatable bonds is 5. The summed E-state index contributed by atoms with van der Waals surface area (Å²) in [5.74, 6) is -0.603. The zero-order valence-corrected chi connectivity index (χ0v) is 13.7. The normalized spacial score (nSPS) is 11.4. The number of esters is 1. The molecule has 2 aromatic rings. The molecular formula is C18H15F3N2O3. The Hall–Kier alpha value is -3.16. The summed E-state index contributed by atoms with van der Waals surface area (Å²) in [4.78, 5) is 22.6. The number of carbonyl (C=O) groups is 2. The van der Waals surface area contributed by atoms with Crippen molar-refractivity contribution in [3.05, 3.63) is 65.2 Å². The number of nitrogens with zero attached hydrogens (tertiary/aromatic N) is 1. The number of hydrogen-bond acceptors (Lipinski definition) is 4. The fourth-order valence-electron chi connectivity index (χ4n) is 2.05. The Morgan fingerprint density at radius 1 is 1.15 bits per heavy atom. The highest BCUT2D eigenvalue weighted by molar-refractivity contribution is 5.83. The second-order valence-corrected chi connectivity index (χ2v) is 5.33. The first-order chi connectivity index (χ1) is 12.2. The van der Waals surface area contributed by atoms with Crippen LogP contribution in [-0.4, -0.2) is 18.1 Å². The molecule has 2 aromatic carbocycles. The molecule has 0 aliphatic heterocycles. The minimum atomic E-state index is -4.46. The van der Waals surface area contributed by atoms with E-state index in [0.29, 0.717) is 11.3 Å². The number of benzene rings is 2. The van der Waals surface area contributed by atoms with Gasteiger partial charge in [-0.1, -0.05) is 18.2 Å². The van der Waals surface area contributed by atoms with E-state index in [-0.39, 0.29) is 12.0 Å². The smallest absolute Gasteiger partial charge is 0.416 e. The van der Waals surface area contributed by atoms with E-state index in [0.717, 1.165) is 12.1 Å². The first kappa shape index (κ1) is 19.2. The van der Waals surface area contributed by atoms with Gasteiger partial charge in [0.1, 0.15) is 5.75 Å². The lowest BCUT2D eigenvalue weighted by molar-refractivity contribution is -0.137. The van der Waals surface area contributed by atoms with Crippen LogP contribution in [0.25, 0.3) is 0 Å². The molecule has 0 spiro atoms. The summed E-state index contributed by atoms with van der Waals surface area (Å²) in [6.45, 7) is 1.29. The van der Waals surface area contributed by atoms with E-state index in [1.807, 2.05) is 0 Å². The second-order valence-electron chi connectivity index (χ2n) is 5.33. The van der Waals surface area contributed by atoms with E-state index in [1.54, 1.807) is 24.3 Å². The van der Waals surface area contributed by atoms with Crippen molar-refractivity contribution in [2.24, 2.45) is 5.10 Å². The molecular weight excluding hydrogens is 349 g/mol. The molecule has 0 aliphatic carbocycles. The lowest BCUT2D eigenvalue weighted by Gasteiger charge is -2.08. The van der Waals surface area contributed by atoms with E-state index in [9.17, 15) is 22.8 Å². The van der Waals surface area contributed by atoms with Crippen molar-refractivity contribution in [1.82, 2.24) is 5.43 Å². The highest BCUT2D eigenvalue weighted by Gasteiger charge is 2.30. The molecule has 8 heteroatoms. The Bertz CT molecular complexity index is 815. The molecule has 0 heterocycles. The van der Waals surface area contributed by atoms with Gasteiger partial charge in [-0.3, -0.25) is 9.59 Å². The molecule has 1 N–H and O–H groups in total. The van der Waals surface area contributed by atoms with Crippen LogP contribution < -0.4 is 10.2 Å². The lowest BCUT2D eigenvalue weighted by atomic mass is 10.1. The van der Waals surface area contributed by atoms with Crippen LogP contribution >= 0.6 is 0 Å². The third-order valence-corrected chi connectivity index (χ3v) is 3.16. The van der Waals surface area contributed by atoms with Crippen LogP contribution in [0, 0.1) is 0 Å². The van der Waals surface area contributed by atoms with Gasteiger partial charge >= 0.3 is 12.1 Å². The summed E-state index contributed by atoms with van der Waals surface area (Å²) in [6, 6.07) is 10.9. The molecule has 136 valence electrons. The van der Waals surface area contributed by atoms with Gasteiger partial charge in [-0.2, -0.15) is 18.3 Å². The van der Waals surface area contributed by atoms with Crippen molar-refractivity contribution < 1.29 is 27.5 Å². The Kier molecular flexibility index (Phi) is 6.11. The number of ether oxygens (including phenoxy) is 1. The number of alkyl halides is 3. The van der Waals surface area contributed by atoms with Gasteiger partial charge in [0.05, 0.1) is 18.2 Å². The molecule has 0 saturated carbocycles. The third-order valence-electron chi connectivity index (χ3n) is 3.16. The summed E-state index contributed by atoms with van der Waals surface area (Å²) in [6.07, 6.45) is -3.32. The third kappa shape index (κ3) is 6.04. The van der Waals surface area contributed by atoms with Crippen molar-refractivity contribution in [2.75, 3.05) is 0 Å². The van der Waals surface area contributed by atoms with Gasteiger partial charge in [-0.15, -0.1) is 0 Å². The van der Waals surface area contributed by atoms with Gasteiger partial charge < -0.3 is 4.74 Å². The van der Waals surface area contributed by atoms with Crippen molar-refractivity contribution in [1.29, 1.82) is 0 Å². The summed E-state index contributed by atoms with van der Waals surface area (Å²) in [5, 5.41) is 3.74. The number of hydrogen-bond donors (Lipinski definition) is 1. The van der Waals surface area contributed by atoms with Gasteiger partial charge in [-0.05, 0) is 41.5 Å². The van der Waals surface area contributed by atoms with Gasteiger partial charge in [0, 0.05) is 6.92 Å². The SMILES string of the molecule is CC(=O)Oc1ccc(/C=N\NC(=O)Cc2cccc(C(F)(F)F)c2)cc1. The van der Waals surface area contributed by atoms with Gasteiger partial charge in [-0.25, -0.2) is 5.43 Å². The van der Waals surface area contributed by atoms with Gasteiger partial charge in [0.25, 0.3) is 0 Å². The van der Waals surface area contributed by atoms with Gasteiger partial charge in [0.2, 0.25) is 5.91 Å². The van der Waals surface area contributed by atoms with Crippen LogP contribution in [0.15, 0.2) is 53.6 Å². The molecule has 1 amide bonds. The first-order valence-corrected chi connectivity index (χ1v) is 7.50. The van der Waals surface area contributed by atoms with Crippen LogP contribution in [0.5, 0.6) is 5.75 Å². The Labute approximate surface area is 147 Å². The average molecular weight is 364 g/mol. The Morgan fingerprint density at radius 2 is 1.85 bits per heavy atom. The molecule has 0 aromatic heterocycles. The molecule has 0 unspecified atom stereocenters. The van der Waals surface area contributed by atoms with Crippen LogP contribution in [0.4, 0.5) is 13.2 Å². The Balaban J connectivity index is 1.90. The molecule has 0 fully saturated rings. The topological polar surface area (TPSA) is 67.8 Å². The van der Waals surface area contributed by atoms with Crippen LogP contribution in [0.1, 0.15) is 23.6 Å². The zero-order valence-electron chi connectivity index (χ0n) is 13.7. The van der Waals surface area contributed by atoms with E-state index >= 15 is 0 Å². The molecule has 0 bridgehead atoms. The number of hydrazone groups is 1. The maximum Gasteiger partial charge on any atom is 0.416 e. The van der Waals surface area contributed by atoms with Crippen LogP contribution in [0.3, 0.4) is 0 Å².